The van der Waals surface area contributed by atoms with Crippen LogP contribution in [-0.2, 0) is 20.0 Å². The fraction of sp³-hybridized carbons (Fsp3) is 0.143. The van der Waals surface area contributed by atoms with Gasteiger partial charge >= 0.3 is 0 Å². The summed E-state index contributed by atoms with van der Waals surface area (Å²) in [7, 11) is -6.90. The number of benzene rings is 2. The highest BCUT2D eigenvalue weighted by molar-refractivity contribution is 7.92. The molecule has 0 heterocycles. The van der Waals surface area contributed by atoms with Gasteiger partial charge in [-0.25, -0.2) is 16.8 Å². The molecule has 0 fully saturated rings. The smallest absolute Gasteiger partial charge is 0.206 e. The monoisotopic (exact) mass is 374 g/mol. The minimum atomic E-state index is -4.04. The fourth-order valence-electron chi connectivity index (χ4n) is 1.75. The lowest BCUT2D eigenvalue weighted by atomic mass is 10.2. The standard InChI is InChI=1S/C14H15ClN2O4S2/c1-11-3-7-14(8-4-11)23(20,21)17(2)16-22(18,19)13-9-5-12(15)6-10-13/h3-10,16H,1-2H3. The van der Waals surface area contributed by atoms with Crippen molar-refractivity contribution in [2.75, 3.05) is 7.05 Å². The molecule has 0 aliphatic rings. The molecule has 6 nitrogen and oxygen atoms in total. The van der Waals surface area contributed by atoms with Crippen LogP contribution in [0.25, 0.3) is 0 Å². The molecule has 2 aromatic rings. The van der Waals surface area contributed by atoms with E-state index in [1.165, 1.54) is 36.4 Å². The molecule has 0 amide bonds. The van der Waals surface area contributed by atoms with E-state index >= 15 is 0 Å². The second kappa shape index (κ2) is 6.58. The number of aryl methyl sites for hydroxylation is 1. The van der Waals surface area contributed by atoms with E-state index in [4.69, 9.17) is 11.6 Å². The highest BCUT2D eigenvalue weighted by atomic mass is 35.5. The van der Waals surface area contributed by atoms with Crippen LogP contribution in [0.15, 0.2) is 58.3 Å². The third-order valence-corrected chi connectivity index (χ3v) is 6.51. The summed E-state index contributed by atoms with van der Waals surface area (Å²) in [6.45, 7) is 1.82. The zero-order valence-corrected chi connectivity index (χ0v) is 14.8. The topological polar surface area (TPSA) is 83.6 Å². The highest BCUT2D eigenvalue weighted by Crippen LogP contribution is 2.17. The van der Waals surface area contributed by atoms with Gasteiger partial charge in [-0.05, 0) is 43.3 Å². The zero-order valence-electron chi connectivity index (χ0n) is 12.4. The van der Waals surface area contributed by atoms with Crippen molar-refractivity contribution in [2.45, 2.75) is 16.7 Å². The molecule has 2 rings (SSSR count). The molecular weight excluding hydrogens is 360 g/mol. The molecule has 0 saturated heterocycles. The maximum Gasteiger partial charge on any atom is 0.256 e. The lowest BCUT2D eigenvalue weighted by Gasteiger charge is -2.18. The number of hydrazine groups is 1. The molecule has 0 spiro atoms. The van der Waals surface area contributed by atoms with E-state index in [1.54, 1.807) is 12.1 Å². The summed E-state index contributed by atoms with van der Waals surface area (Å²) in [4.78, 5) is 1.92. The van der Waals surface area contributed by atoms with Gasteiger partial charge in [-0.2, -0.15) is 0 Å². The Bertz CT molecular complexity index is 893. The van der Waals surface area contributed by atoms with Gasteiger partial charge < -0.3 is 0 Å². The average Bonchev–Trinajstić information content (AvgIpc) is 2.47. The highest BCUT2D eigenvalue weighted by Gasteiger charge is 2.26. The van der Waals surface area contributed by atoms with Crippen LogP contribution in [0.3, 0.4) is 0 Å². The Balaban J connectivity index is 2.28. The third-order valence-electron chi connectivity index (χ3n) is 3.05. The molecule has 0 unspecified atom stereocenters. The van der Waals surface area contributed by atoms with Crippen LogP contribution in [0.5, 0.6) is 0 Å². The van der Waals surface area contributed by atoms with E-state index in [0.717, 1.165) is 12.6 Å². The Kier molecular flexibility index (Phi) is 5.12. The van der Waals surface area contributed by atoms with Crippen LogP contribution >= 0.6 is 11.6 Å². The van der Waals surface area contributed by atoms with Crippen molar-refractivity contribution in [1.29, 1.82) is 0 Å². The summed E-state index contributed by atoms with van der Waals surface area (Å²) in [6, 6.07) is 11.5. The average molecular weight is 375 g/mol. The number of rotatable bonds is 5. The summed E-state index contributed by atoms with van der Waals surface area (Å²) in [5.74, 6) is 0. The first kappa shape index (κ1) is 17.9. The van der Waals surface area contributed by atoms with Gasteiger partial charge in [0, 0.05) is 12.1 Å². The van der Waals surface area contributed by atoms with Gasteiger partial charge in [0.1, 0.15) is 0 Å². The van der Waals surface area contributed by atoms with E-state index in [-0.39, 0.29) is 9.79 Å². The molecule has 0 atom stereocenters. The van der Waals surface area contributed by atoms with Crippen LogP contribution in [0, 0.1) is 6.92 Å². The third kappa shape index (κ3) is 4.10. The fourth-order valence-corrected chi connectivity index (χ4v) is 4.30. The minimum absolute atomic E-state index is 0.00981. The Hall–Kier alpha value is -1.45. The summed E-state index contributed by atoms with van der Waals surface area (Å²) in [6.07, 6.45) is 0. The van der Waals surface area contributed by atoms with Gasteiger partial charge in [0.2, 0.25) is 0 Å². The lowest BCUT2D eigenvalue weighted by Crippen LogP contribution is -2.43. The van der Waals surface area contributed by atoms with Gasteiger partial charge in [-0.15, -0.1) is 9.25 Å². The van der Waals surface area contributed by atoms with E-state index in [0.29, 0.717) is 9.44 Å². The van der Waals surface area contributed by atoms with E-state index < -0.39 is 20.0 Å². The normalized spacial score (nSPS) is 12.5. The van der Waals surface area contributed by atoms with Gasteiger partial charge in [-0.1, -0.05) is 29.3 Å². The number of halogens is 1. The molecule has 23 heavy (non-hydrogen) atoms. The number of hydrogen-bond acceptors (Lipinski definition) is 4. The SMILES string of the molecule is Cc1ccc(S(=O)(=O)N(C)NS(=O)(=O)c2ccc(Cl)cc2)cc1. The van der Waals surface area contributed by atoms with Crippen LogP contribution in [0.1, 0.15) is 5.56 Å². The van der Waals surface area contributed by atoms with Crippen molar-refractivity contribution in [1.82, 2.24) is 9.25 Å². The summed E-state index contributed by atoms with van der Waals surface area (Å²) >= 11 is 5.71. The molecule has 124 valence electrons. The summed E-state index contributed by atoms with van der Waals surface area (Å²) in [5.41, 5.74) is 0.897. The zero-order chi connectivity index (χ0) is 17.3. The number of sulfonamides is 2. The van der Waals surface area contributed by atoms with Crippen molar-refractivity contribution >= 4 is 31.6 Å². The first-order chi connectivity index (χ1) is 10.6. The molecule has 0 aromatic heterocycles. The second-order valence-corrected chi connectivity index (χ2v) is 8.90. The Morgan fingerprint density at radius 3 is 1.87 bits per heavy atom. The summed E-state index contributed by atoms with van der Waals surface area (Å²) < 4.78 is 49.8. The van der Waals surface area contributed by atoms with Gasteiger partial charge in [0.05, 0.1) is 9.79 Å². The van der Waals surface area contributed by atoms with Crippen molar-refractivity contribution in [3.05, 3.63) is 59.1 Å². The minimum Gasteiger partial charge on any atom is -0.206 e. The van der Waals surface area contributed by atoms with Gasteiger partial charge in [0.25, 0.3) is 20.0 Å². The maximum absolute atomic E-state index is 12.4. The van der Waals surface area contributed by atoms with Crippen molar-refractivity contribution in [3.63, 3.8) is 0 Å². The quantitative estimate of drug-likeness (QED) is 0.813. The molecule has 2 aromatic carbocycles. The van der Waals surface area contributed by atoms with Crippen molar-refractivity contribution < 1.29 is 16.8 Å². The molecule has 0 aliphatic heterocycles. The van der Waals surface area contributed by atoms with Crippen molar-refractivity contribution in [3.8, 4) is 0 Å². The van der Waals surface area contributed by atoms with E-state index in [9.17, 15) is 16.8 Å². The van der Waals surface area contributed by atoms with Gasteiger partial charge in [0.15, 0.2) is 0 Å². The number of hydrogen-bond donors (Lipinski definition) is 1. The van der Waals surface area contributed by atoms with Crippen LogP contribution in [0.4, 0.5) is 0 Å². The number of nitrogens with zero attached hydrogens (tertiary/aromatic N) is 1. The Morgan fingerprint density at radius 1 is 0.870 bits per heavy atom. The second-order valence-electron chi connectivity index (χ2n) is 4.83. The molecule has 0 saturated carbocycles. The largest absolute Gasteiger partial charge is 0.256 e. The van der Waals surface area contributed by atoms with Crippen molar-refractivity contribution in [2.24, 2.45) is 0 Å². The molecule has 9 heteroatoms. The molecular formula is C14H15ClN2O4S2. The predicted octanol–water partition coefficient (Wildman–Crippen LogP) is 2.16. The van der Waals surface area contributed by atoms with Crippen LogP contribution < -0.4 is 4.83 Å². The van der Waals surface area contributed by atoms with Crippen LogP contribution in [-0.4, -0.2) is 28.3 Å². The Labute approximate surface area is 140 Å². The maximum atomic E-state index is 12.4. The lowest BCUT2D eigenvalue weighted by molar-refractivity contribution is 0.432. The number of nitrogens with one attached hydrogen (secondary N) is 1. The van der Waals surface area contributed by atoms with Crippen LogP contribution in [0.2, 0.25) is 5.02 Å². The summed E-state index contributed by atoms with van der Waals surface area (Å²) in [5, 5.41) is 0.379. The molecule has 0 radical (unpaired) electrons. The first-order valence-electron chi connectivity index (χ1n) is 6.46. The van der Waals surface area contributed by atoms with Gasteiger partial charge in [-0.3, -0.25) is 0 Å². The molecule has 1 N–H and O–H groups in total. The van der Waals surface area contributed by atoms with E-state index in [1.807, 2.05) is 11.8 Å². The first-order valence-corrected chi connectivity index (χ1v) is 9.77. The molecule has 0 aliphatic carbocycles. The molecule has 0 bridgehead atoms. The predicted molar refractivity (Wildman–Crippen MR) is 87.9 cm³/mol. The van der Waals surface area contributed by atoms with E-state index in [2.05, 4.69) is 0 Å². The Morgan fingerprint density at radius 2 is 1.35 bits per heavy atom.